The number of allylic oxidation sites excluding steroid dienone is 1. The Morgan fingerprint density at radius 2 is 2.14 bits per heavy atom. The molecule has 1 N–H and O–H groups in total. The first-order valence-electron chi connectivity index (χ1n) is 5.22. The number of carbonyl (C=O) groups is 1. The predicted molar refractivity (Wildman–Crippen MR) is 55.7 cm³/mol. The summed E-state index contributed by atoms with van der Waals surface area (Å²) in [4.78, 5) is 10.8. The van der Waals surface area contributed by atoms with Gasteiger partial charge in [0.15, 0.2) is 0 Å². The van der Waals surface area contributed by atoms with Gasteiger partial charge in [0.05, 0.1) is 6.26 Å². The highest BCUT2D eigenvalue weighted by Gasteiger charge is 2.07. The Balaban J connectivity index is 3.32. The van der Waals surface area contributed by atoms with Crippen molar-refractivity contribution in [2.24, 2.45) is 0 Å². The van der Waals surface area contributed by atoms with E-state index in [1.807, 2.05) is 6.08 Å². The number of hydrogen-bond donors (Lipinski definition) is 1. The van der Waals surface area contributed by atoms with E-state index in [-0.39, 0.29) is 0 Å². The van der Waals surface area contributed by atoms with Crippen LogP contribution in [0.3, 0.4) is 0 Å². The third kappa shape index (κ3) is 7.80. The molecule has 1 unspecified atom stereocenters. The molecule has 82 valence electrons. The summed E-state index contributed by atoms with van der Waals surface area (Å²) < 4.78 is 4.64. The quantitative estimate of drug-likeness (QED) is 0.390. The fraction of sp³-hybridized carbons (Fsp3) is 0.727. The van der Waals surface area contributed by atoms with Crippen molar-refractivity contribution in [2.45, 2.75) is 52.1 Å². The van der Waals surface area contributed by atoms with Crippen LogP contribution in [-0.4, -0.2) is 17.2 Å². The topological polar surface area (TPSA) is 46.5 Å². The van der Waals surface area contributed by atoms with Crippen molar-refractivity contribution in [2.75, 3.05) is 0 Å². The maximum atomic E-state index is 10.8. The second kappa shape index (κ2) is 8.75. The number of aliphatic hydroxyl groups is 1. The van der Waals surface area contributed by atoms with Crippen LogP contribution in [0, 0.1) is 0 Å². The van der Waals surface area contributed by atoms with E-state index in [2.05, 4.69) is 11.7 Å². The van der Waals surface area contributed by atoms with Crippen LogP contribution in [0.25, 0.3) is 0 Å². The minimum absolute atomic E-state index is 0.602. The zero-order valence-corrected chi connectivity index (χ0v) is 9.03. The van der Waals surface area contributed by atoms with Gasteiger partial charge < -0.3 is 9.84 Å². The molecule has 3 heteroatoms. The van der Waals surface area contributed by atoms with Gasteiger partial charge in [-0.2, -0.15) is 0 Å². The van der Waals surface area contributed by atoms with Crippen LogP contribution in [0.2, 0.25) is 0 Å². The van der Waals surface area contributed by atoms with Gasteiger partial charge in [-0.05, 0) is 25.8 Å². The Morgan fingerprint density at radius 3 is 2.71 bits per heavy atom. The molecule has 0 aromatic carbocycles. The van der Waals surface area contributed by atoms with E-state index < -0.39 is 12.1 Å². The van der Waals surface area contributed by atoms with Gasteiger partial charge in [0.25, 0.3) is 0 Å². The lowest BCUT2D eigenvalue weighted by atomic mass is 10.1. The fourth-order valence-corrected chi connectivity index (χ4v) is 0.971. The van der Waals surface area contributed by atoms with Crippen molar-refractivity contribution < 1.29 is 14.6 Å². The van der Waals surface area contributed by atoms with Gasteiger partial charge in [0, 0.05) is 0 Å². The molecule has 0 aliphatic carbocycles. The highest BCUT2D eigenvalue weighted by molar-refractivity contribution is 5.74. The molecule has 0 aliphatic heterocycles. The summed E-state index contributed by atoms with van der Waals surface area (Å²) in [6, 6.07) is 0. The van der Waals surface area contributed by atoms with Crippen LogP contribution < -0.4 is 0 Å². The van der Waals surface area contributed by atoms with Crippen molar-refractivity contribution in [1.82, 2.24) is 0 Å². The lowest BCUT2D eigenvalue weighted by Crippen LogP contribution is -2.16. The van der Waals surface area contributed by atoms with E-state index in [9.17, 15) is 4.79 Å². The number of ether oxygens (including phenoxy) is 1. The van der Waals surface area contributed by atoms with Gasteiger partial charge in [0.1, 0.15) is 6.10 Å². The number of carbonyl (C=O) groups excluding carboxylic acids is 1. The Labute approximate surface area is 85.8 Å². The molecule has 0 bridgehead atoms. The van der Waals surface area contributed by atoms with Crippen LogP contribution in [0.15, 0.2) is 12.3 Å². The summed E-state index contributed by atoms with van der Waals surface area (Å²) in [6.45, 7) is 3.55. The first-order chi connectivity index (χ1) is 6.68. The zero-order chi connectivity index (χ0) is 10.8. The summed E-state index contributed by atoms with van der Waals surface area (Å²) in [6.07, 6.45) is 7.87. The minimum Gasteiger partial charge on any atom is -0.433 e. The zero-order valence-electron chi connectivity index (χ0n) is 9.03. The molecule has 0 fully saturated rings. The molecule has 0 heterocycles. The fourth-order valence-electron chi connectivity index (χ4n) is 0.971. The normalized spacial score (nSPS) is 13.1. The van der Waals surface area contributed by atoms with Crippen LogP contribution >= 0.6 is 0 Å². The third-order valence-electron chi connectivity index (χ3n) is 1.85. The first kappa shape index (κ1) is 13.2. The van der Waals surface area contributed by atoms with E-state index >= 15 is 0 Å². The van der Waals surface area contributed by atoms with Gasteiger partial charge in [-0.15, -0.1) is 0 Å². The van der Waals surface area contributed by atoms with Gasteiger partial charge in [-0.3, -0.25) is 0 Å². The van der Waals surface area contributed by atoms with Crippen molar-refractivity contribution >= 4 is 5.97 Å². The second-order valence-electron chi connectivity index (χ2n) is 3.33. The van der Waals surface area contributed by atoms with Crippen LogP contribution in [0.5, 0.6) is 0 Å². The van der Waals surface area contributed by atoms with Gasteiger partial charge in [-0.25, -0.2) is 4.79 Å². The van der Waals surface area contributed by atoms with Gasteiger partial charge in [-0.1, -0.05) is 26.2 Å². The largest absolute Gasteiger partial charge is 0.433 e. The summed E-state index contributed by atoms with van der Waals surface area (Å²) in [5.74, 6) is -0.602. The summed E-state index contributed by atoms with van der Waals surface area (Å²) in [5, 5.41) is 8.79. The Kier molecular flexibility index (Phi) is 8.24. The summed E-state index contributed by atoms with van der Waals surface area (Å²) >= 11 is 0. The molecule has 14 heavy (non-hydrogen) atoms. The number of rotatable bonds is 7. The van der Waals surface area contributed by atoms with Gasteiger partial charge in [0.2, 0.25) is 0 Å². The standard InChI is InChI=1S/C11H20O3/c1-3-4-5-6-7-8-9-14-11(13)10(2)12/h8-10,12H,3-7H2,1-2H3/b9-8+. The Morgan fingerprint density at radius 1 is 1.43 bits per heavy atom. The SMILES string of the molecule is CCCCCC/C=C/OC(=O)C(C)O. The minimum atomic E-state index is -1.04. The molecule has 0 amide bonds. The van der Waals surface area contributed by atoms with Crippen LogP contribution in [0.1, 0.15) is 46.0 Å². The molecular formula is C11H20O3. The van der Waals surface area contributed by atoms with E-state index in [1.165, 1.54) is 32.4 Å². The van der Waals surface area contributed by atoms with Crippen molar-refractivity contribution in [3.05, 3.63) is 12.3 Å². The van der Waals surface area contributed by atoms with Gasteiger partial charge >= 0.3 is 5.97 Å². The van der Waals surface area contributed by atoms with Crippen molar-refractivity contribution in [3.8, 4) is 0 Å². The van der Waals surface area contributed by atoms with Crippen LogP contribution in [0.4, 0.5) is 0 Å². The van der Waals surface area contributed by atoms with Crippen molar-refractivity contribution in [3.63, 3.8) is 0 Å². The monoisotopic (exact) mass is 200 g/mol. The third-order valence-corrected chi connectivity index (χ3v) is 1.85. The number of unbranched alkanes of at least 4 members (excludes halogenated alkanes) is 4. The number of esters is 1. The average Bonchev–Trinajstić information content (AvgIpc) is 2.16. The molecule has 3 nitrogen and oxygen atoms in total. The Hall–Kier alpha value is -0.830. The van der Waals surface area contributed by atoms with Crippen molar-refractivity contribution in [1.29, 1.82) is 0 Å². The summed E-state index contributed by atoms with van der Waals surface area (Å²) in [5.41, 5.74) is 0. The molecule has 0 spiro atoms. The van der Waals surface area contributed by atoms with E-state index in [0.29, 0.717) is 0 Å². The summed E-state index contributed by atoms with van der Waals surface area (Å²) in [7, 11) is 0. The molecule has 1 atom stereocenters. The second-order valence-corrected chi connectivity index (χ2v) is 3.33. The highest BCUT2D eigenvalue weighted by Crippen LogP contribution is 2.02. The molecule has 0 radical (unpaired) electrons. The van der Waals surface area contributed by atoms with E-state index in [4.69, 9.17) is 5.11 Å². The van der Waals surface area contributed by atoms with E-state index in [1.54, 1.807) is 0 Å². The first-order valence-corrected chi connectivity index (χ1v) is 5.22. The average molecular weight is 200 g/mol. The molecule has 0 aromatic heterocycles. The molecule has 0 saturated carbocycles. The lowest BCUT2D eigenvalue weighted by Gasteiger charge is -2.00. The van der Waals surface area contributed by atoms with Crippen LogP contribution in [-0.2, 0) is 9.53 Å². The lowest BCUT2D eigenvalue weighted by molar-refractivity contribution is -0.146. The number of aliphatic hydroxyl groups excluding tert-OH is 1. The molecule has 0 aliphatic rings. The molecule has 0 rings (SSSR count). The smallest absolute Gasteiger partial charge is 0.339 e. The molecular weight excluding hydrogens is 180 g/mol. The molecule has 0 saturated heterocycles. The van der Waals surface area contributed by atoms with E-state index in [0.717, 1.165) is 12.8 Å². The highest BCUT2D eigenvalue weighted by atomic mass is 16.5. The molecule has 0 aromatic rings. The Bertz CT molecular complexity index is 173. The maximum Gasteiger partial charge on any atom is 0.339 e. The predicted octanol–water partition coefficient (Wildman–Crippen LogP) is 2.39. The number of hydrogen-bond acceptors (Lipinski definition) is 3. The maximum absolute atomic E-state index is 10.8.